The van der Waals surface area contributed by atoms with Crippen LogP contribution in [-0.2, 0) is 16.0 Å². The van der Waals surface area contributed by atoms with Gasteiger partial charge in [-0.05, 0) is 25.3 Å². The first kappa shape index (κ1) is 15.2. The fraction of sp³-hybridized carbons (Fsp3) is 0.533. The molecule has 2 unspecified atom stereocenters. The Labute approximate surface area is 133 Å². The molecule has 3 heterocycles. The average Bonchev–Trinajstić information content (AvgIpc) is 3.17. The zero-order chi connectivity index (χ0) is 15.5. The molecular weight excluding hydrogens is 302 g/mol. The minimum Gasteiger partial charge on any atom is -0.421 e. The van der Waals surface area contributed by atoms with Crippen molar-refractivity contribution in [2.75, 3.05) is 13.2 Å². The molecule has 0 radical (unpaired) electrons. The Morgan fingerprint density at radius 2 is 2.32 bits per heavy atom. The normalized spacial score (nSPS) is 22.0. The standard InChI is InChI=1S/C15H19N3O3S/c1-10-8-20-11(2)7-18(10)14(19)4-3-13-16-17-15(21-13)12-5-6-22-9-12/h5-6,9-11H,3-4,7-8H2,1-2H3. The molecule has 0 N–H and O–H groups in total. The zero-order valence-corrected chi connectivity index (χ0v) is 13.5. The summed E-state index contributed by atoms with van der Waals surface area (Å²) in [5, 5.41) is 12.0. The van der Waals surface area contributed by atoms with Gasteiger partial charge in [0.05, 0.1) is 18.8 Å². The second-order valence-electron chi connectivity index (χ2n) is 5.55. The molecule has 1 aliphatic rings. The molecule has 0 spiro atoms. The van der Waals surface area contributed by atoms with Gasteiger partial charge in [-0.25, -0.2) is 0 Å². The van der Waals surface area contributed by atoms with Crippen molar-refractivity contribution in [3.63, 3.8) is 0 Å². The number of amides is 1. The molecule has 118 valence electrons. The lowest BCUT2D eigenvalue weighted by Crippen LogP contribution is -2.50. The second-order valence-corrected chi connectivity index (χ2v) is 6.33. The summed E-state index contributed by atoms with van der Waals surface area (Å²) in [4.78, 5) is 14.2. The van der Waals surface area contributed by atoms with Crippen LogP contribution < -0.4 is 0 Å². The molecule has 22 heavy (non-hydrogen) atoms. The summed E-state index contributed by atoms with van der Waals surface area (Å²) in [6, 6.07) is 2.05. The van der Waals surface area contributed by atoms with E-state index in [0.29, 0.717) is 37.8 Å². The highest BCUT2D eigenvalue weighted by Crippen LogP contribution is 2.21. The van der Waals surface area contributed by atoms with Crippen LogP contribution in [0, 0.1) is 0 Å². The first-order chi connectivity index (χ1) is 10.6. The number of hydrogen-bond donors (Lipinski definition) is 0. The van der Waals surface area contributed by atoms with E-state index in [9.17, 15) is 4.79 Å². The molecular formula is C15H19N3O3S. The van der Waals surface area contributed by atoms with E-state index in [4.69, 9.17) is 9.15 Å². The van der Waals surface area contributed by atoms with Crippen molar-refractivity contribution in [1.82, 2.24) is 15.1 Å². The van der Waals surface area contributed by atoms with Crippen molar-refractivity contribution >= 4 is 17.2 Å². The molecule has 0 saturated carbocycles. The van der Waals surface area contributed by atoms with Gasteiger partial charge in [-0.15, -0.1) is 10.2 Å². The molecule has 3 rings (SSSR count). The number of hydrogen-bond acceptors (Lipinski definition) is 6. The summed E-state index contributed by atoms with van der Waals surface area (Å²) >= 11 is 1.58. The highest BCUT2D eigenvalue weighted by atomic mass is 32.1. The Morgan fingerprint density at radius 3 is 3.09 bits per heavy atom. The average molecular weight is 321 g/mol. The summed E-state index contributed by atoms with van der Waals surface area (Å²) in [6.45, 7) is 5.22. The Hall–Kier alpha value is -1.73. The summed E-state index contributed by atoms with van der Waals surface area (Å²) in [5.41, 5.74) is 0.922. The number of rotatable bonds is 4. The Morgan fingerprint density at radius 1 is 1.45 bits per heavy atom. The summed E-state index contributed by atoms with van der Waals surface area (Å²) in [5.74, 6) is 1.12. The van der Waals surface area contributed by atoms with Gasteiger partial charge in [0.2, 0.25) is 17.7 Å². The maximum atomic E-state index is 12.3. The second kappa shape index (κ2) is 6.58. The lowest BCUT2D eigenvalue weighted by molar-refractivity contribution is -0.143. The summed E-state index contributed by atoms with van der Waals surface area (Å²) < 4.78 is 11.1. The molecule has 2 aromatic rings. The molecule has 1 aliphatic heterocycles. The molecule has 0 aliphatic carbocycles. The fourth-order valence-corrected chi connectivity index (χ4v) is 3.10. The molecule has 2 aromatic heterocycles. The number of carbonyl (C=O) groups is 1. The Kier molecular flexibility index (Phi) is 4.54. The molecule has 1 amide bonds. The zero-order valence-electron chi connectivity index (χ0n) is 12.7. The lowest BCUT2D eigenvalue weighted by Gasteiger charge is -2.36. The minimum atomic E-state index is 0.0914. The maximum absolute atomic E-state index is 12.3. The Balaban J connectivity index is 1.57. The highest BCUT2D eigenvalue weighted by Gasteiger charge is 2.27. The van der Waals surface area contributed by atoms with Crippen molar-refractivity contribution in [3.8, 4) is 11.5 Å². The van der Waals surface area contributed by atoms with Crippen LogP contribution in [-0.4, -0.2) is 46.3 Å². The van der Waals surface area contributed by atoms with E-state index in [1.807, 2.05) is 35.6 Å². The van der Waals surface area contributed by atoms with Gasteiger partial charge >= 0.3 is 0 Å². The monoisotopic (exact) mass is 321 g/mol. The molecule has 0 aromatic carbocycles. The van der Waals surface area contributed by atoms with Crippen LogP contribution in [0.4, 0.5) is 0 Å². The third-order valence-electron chi connectivity index (χ3n) is 3.72. The third-order valence-corrected chi connectivity index (χ3v) is 4.40. The highest BCUT2D eigenvalue weighted by molar-refractivity contribution is 7.08. The van der Waals surface area contributed by atoms with Gasteiger partial charge in [-0.1, -0.05) is 0 Å². The Bertz CT molecular complexity index is 626. The summed E-state index contributed by atoms with van der Waals surface area (Å²) in [6.07, 6.45) is 0.935. The topological polar surface area (TPSA) is 68.5 Å². The molecule has 1 fully saturated rings. The first-order valence-electron chi connectivity index (χ1n) is 7.39. The van der Waals surface area contributed by atoms with Crippen LogP contribution >= 0.6 is 11.3 Å². The maximum Gasteiger partial charge on any atom is 0.248 e. The lowest BCUT2D eigenvalue weighted by atomic mass is 10.1. The van der Waals surface area contributed by atoms with Crippen LogP contribution in [0.25, 0.3) is 11.5 Å². The predicted octanol–water partition coefficient (Wildman–Crippen LogP) is 2.37. The molecule has 2 atom stereocenters. The summed E-state index contributed by atoms with van der Waals surface area (Å²) in [7, 11) is 0. The van der Waals surface area contributed by atoms with Crippen LogP contribution in [0.2, 0.25) is 0 Å². The number of carbonyl (C=O) groups excluding carboxylic acids is 1. The van der Waals surface area contributed by atoms with Gasteiger partial charge in [0.25, 0.3) is 0 Å². The van der Waals surface area contributed by atoms with E-state index in [2.05, 4.69) is 10.2 Å². The van der Waals surface area contributed by atoms with Gasteiger partial charge in [0.15, 0.2) is 0 Å². The number of aryl methyl sites for hydroxylation is 1. The van der Waals surface area contributed by atoms with Crippen molar-refractivity contribution in [2.45, 2.75) is 38.8 Å². The number of nitrogens with zero attached hydrogens (tertiary/aromatic N) is 3. The van der Waals surface area contributed by atoms with E-state index >= 15 is 0 Å². The number of aromatic nitrogens is 2. The van der Waals surface area contributed by atoms with E-state index in [-0.39, 0.29) is 18.1 Å². The van der Waals surface area contributed by atoms with Gasteiger partial charge in [-0.3, -0.25) is 4.79 Å². The SMILES string of the molecule is CC1CN(C(=O)CCc2nnc(-c3ccsc3)o2)C(C)CO1. The third kappa shape index (κ3) is 3.36. The molecule has 0 bridgehead atoms. The van der Waals surface area contributed by atoms with Crippen molar-refractivity contribution in [3.05, 3.63) is 22.7 Å². The van der Waals surface area contributed by atoms with E-state index < -0.39 is 0 Å². The quantitative estimate of drug-likeness (QED) is 0.865. The molecule has 6 nitrogen and oxygen atoms in total. The number of thiophene rings is 1. The predicted molar refractivity (Wildman–Crippen MR) is 82.5 cm³/mol. The largest absolute Gasteiger partial charge is 0.421 e. The van der Waals surface area contributed by atoms with E-state index in [1.165, 1.54) is 0 Å². The number of ether oxygens (including phenoxy) is 1. The van der Waals surface area contributed by atoms with Gasteiger partial charge in [0.1, 0.15) is 0 Å². The van der Waals surface area contributed by atoms with Crippen LogP contribution in [0.15, 0.2) is 21.2 Å². The van der Waals surface area contributed by atoms with Gasteiger partial charge in [0, 0.05) is 30.3 Å². The first-order valence-corrected chi connectivity index (χ1v) is 8.34. The van der Waals surface area contributed by atoms with Crippen molar-refractivity contribution in [2.24, 2.45) is 0 Å². The van der Waals surface area contributed by atoms with E-state index in [0.717, 1.165) is 5.56 Å². The van der Waals surface area contributed by atoms with Crippen LogP contribution in [0.3, 0.4) is 0 Å². The minimum absolute atomic E-state index is 0.0914. The smallest absolute Gasteiger partial charge is 0.248 e. The van der Waals surface area contributed by atoms with Crippen LogP contribution in [0.1, 0.15) is 26.2 Å². The number of morpholine rings is 1. The van der Waals surface area contributed by atoms with Crippen LogP contribution in [0.5, 0.6) is 0 Å². The van der Waals surface area contributed by atoms with Gasteiger partial charge < -0.3 is 14.1 Å². The molecule has 1 saturated heterocycles. The van der Waals surface area contributed by atoms with Crippen molar-refractivity contribution in [1.29, 1.82) is 0 Å². The van der Waals surface area contributed by atoms with E-state index in [1.54, 1.807) is 11.3 Å². The fourth-order valence-electron chi connectivity index (χ4n) is 2.47. The van der Waals surface area contributed by atoms with Gasteiger partial charge in [-0.2, -0.15) is 11.3 Å². The molecule has 7 heteroatoms. The van der Waals surface area contributed by atoms with Crippen molar-refractivity contribution < 1.29 is 13.9 Å².